The lowest BCUT2D eigenvalue weighted by Gasteiger charge is -1.86. The highest BCUT2D eigenvalue weighted by Gasteiger charge is 1.98. The molecule has 5 heteroatoms. The van der Waals surface area contributed by atoms with Crippen molar-refractivity contribution >= 4 is 23.5 Å². The van der Waals surface area contributed by atoms with E-state index in [0.717, 1.165) is 5.56 Å². The first kappa shape index (κ1) is 9.73. The molecular formula is C8H12N4S. The Balaban J connectivity index is 2.80. The molecule has 4 nitrogen and oxygen atoms in total. The molecule has 0 unspecified atom stereocenters. The number of nitrogens with zero attached hydrogens (tertiary/aromatic N) is 2. The Morgan fingerprint density at radius 1 is 1.46 bits per heavy atom. The van der Waals surface area contributed by atoms with Crippen molar-refractivity contribution in [1.82, 2.24) is 0 Å². The standard InChI is InChI=1S/C8H12N4S/c1-5-3-7(6(2)13-5)4-11-12-8(9)10/h3-4H,1-2H3,(H4,9,10,12). The van der Waals surface area contributed by atoms with E-state index in [2.05, 4.69) is 17.1 Å². The third kappa shape index (κ3) is 2.87. The predicted octanol–water partition coefficient (Wildman–Crippen LogP) is 0.972. The molecule has 0 aromatic carbocycles. The monoisotopic (exact) mass is 196 g/mol. The molecule has 0 spiro atoms. The summed E-state index contributed by atoms with van der Waals surface area (Å²) in [5, 5.41) is 7.25. The molecule has 1 rings (SSSR count). The van der Waals surface area contributed by atoms with E-state index in [1.165, 1.54) is 9.75 Å². The summed E-state index contributed by atoms with van der Waals surface area (Å²) < 4.78 is 0. The van der Waals surface area contributed by atoms with E-state index in [4.69, 9.17) is 11.5 Å². The van der Waals surface area contributed by atoms with Gasteiger partial charge in [-0.1, -0.05) is 0 Å². The third-order valence-corrected chi connectivity index (χ3v) is 2.43. The van der Waals surface area contributed by atoms with Crippen LogP contribution in [0.5, 0.6) is 0 Å². The van der Waals surface area contributed by atoms with Gasteiger partial charge < -0.3 is 11.5 Å². The average molecular weight is 196 g/mol. The first-order valence-corrected chi connectivity index (χ1v) is 4.60. The quantitative estimate of drug-likeness (QED) is 0.420. The van der Waals surface area contributed by atoms with Crippen molar-refractivity contribution < 1.29 is 0 Å². The van der Waals surface area contributed by atoms with E-state index in [1.54, 1.807) is 17.6 Å². The Labute approximate surface area is 81.0 Å². The van der Waals surface area contributed by atoms with Crippen LogP contribution in [0.1, 0.15) is 15.3 Å². The average Bonchev–Trinajstić information content (AvgIpc) is 2.29. The van der Waals surface area contributed by atoms with E-state index in [0.29, 0.717) is 0 Å². The Hall–Kier alpha value is -1.36. The number of nitrogens with two attached hydrogens (primary N) is 2. The minimum atomic E-state index is -0.0270. The van der Waals surface area contributed by atoms with Crippen molar-refractivity contribution in [2.45, 2.75) is 13.8 Å². The molecule has 0 saturated heterocycles. The van der Waals surface area contributed by atoms with Crippen molar-refractivity contribution in [3.05, 3.63) is 21.4 Å². The number of guanidine groups is 1. The van der Waals surface area contributed by atoms with E-state index in [-0.39, 0.29) is 5.96 Å². The summed E-state index contributed by atoms with van der Waals surface area (Å²) in [6, 6.07) is 2.05. The highest BCUT2D eigenvalue weighted by molar-refractivity contribution is 7.12. The molecule has 70 valence electrons. The van der Waals surface area contributed by atoms with Crippen LogP contribution in [-0.4, -0.2) is 12.2 Å². The second-order valence-corrected chi connectivity index (χ2v) is 4.10. The smallest absolute Gasteiger partial charge is 0.211 e. The van der Waals surface area contributed by atoms with Crippen molar-refractivity contribution in [3.63, 3.8) is 0 Å². The lowest BCUT2D eigenvalue weighted by atomic mass is 10.3. The van der Waals surface area contributed by atoms with Gasteiger partial charge in [0.05, 0.1) is 6.21 Å². The maximum absolute atomic E-state index is 5.12. The summed E-state index contributed by atoms with van der Waals surface area (Å²) in [7, 11) is 0. The van der Waals surface area contributed by atoms with Gasteiger partial charge in [-0.15, -0.1) is 16.4 Å². The Morgan fingerprint density at radius 2 is 2.15 bits per heavy atom. The summed E-state index contributed by atoms with van der Waals surface area (Å²) in [4.78, 5) is 2.47. The van der Waals surface area contributed by atoms with Crippen LogP contribution in [0.3, 0.4) is 0 Å². The molecule has 0 saturated carbocycles. The van der Waals surface area contributed by atoms with Gasteiger partial charge in [-0.3, -0.25) is 0 Å². The van der Waals surface area contributed by atoms with Crippen molar-refractivity contribution in [3.8, 4) is 0 Å². The molecule has 1 aromatic heterocycles. The summed E-state index contributed by atoms with van der Waals surface area (Å²) in [5.41, 5.74) is 11.3. The van der Waals surface area contributed by atoms with Crippen LogP contribution in [-0.2, 0) is 0 Å². The second kappa shape index (κ2) is 4.04. The van der Waals surface area contributed by atoms with Gasteiger partial charge >= 0.3 is 0 Å². The van der Waals surface area contributed by atoms with Gasteiger partial charge in [-0.25, -0.2) is 0 Å². The molecule has 0 aliphatic heterocycles. The largest absolute Gasteiger partial charge is 0.369 e. The van der Waals surface area contributed by atoms with Crippen LogP contribution >= 0.6 is 11.3 Å². The Bertz CT molecular complexity index is 347. The van der Waals surface area contributed by atoms with E-state index < -0.39 is 0 Å². The number of hydrogen-bond donors (Lipinski definition) is 2. The van der Waals surface area contributed by atoms with Gasteiger partial charge in [0.25, 0.3) is 0 Å². The number of hydrogen-bond acceptors (Lipinski definition) is 3. The highest BCUT2D eigenvalue weighted by atomic mass is 32.1. The summed E-state index contributed by atoms with van der Waals surface area (Å²) in [6.45, 7) is 4.09. The van der Waals surface area contributed by atoms with E-state index >= 15 is 0 Å². The van der Waals surface area contributed by atoms with Gasteiger partial charge in [0, 0.05) is 15.3 Å². The topological polar surface area (TPSA) is 76.8 Å². The minimum Gasteiger partial charge on any atom is -0.369 e. The lowest BCUT2D eigenvalue weighted by molar-refractivity contribution is 1.21. The predicted molar refractivity (Wildman–Crippen MR) is 57.2 cm³/mol. The zero-order valence-corrected chi connectivity index (χ0v) is 8.43. The number of aryl methyl sites for hydroxylation is 2. The first-order chi connectivity index (χ1) is 6.09. The molecule has 0 bridgehead atoms. The van der Waals surface area contributed by atoms with Crippen LogP contribution in [0.4, 0.5) is 0 Å². The van der Waals surface area contributed by atoms with Crippen molar-refractivity contribution in [1.29, 1.82) is 0 Å². The van der Waals surface area contributed by atoms with Crippen LogP contribution < -0.4 is 11.5 Å². The summed E-state index contributed by atoms with van der Waals surface area (Å²) in [5.74, 6) is -0.0270. The number of rotatable bonds is 2. The van der Waals surface area contributed by atoms with E-state index in [1.807, 2.05) is 13.0 Å². The summed E-state index contributed by atoms with van der Waals surface area (Å²) >= 11 is 1.73. The first-order valence-electron chi connectivity index (χ1n) is 3.78. The fraction of sp³-hybridized carbons (Fsp3) is 0.250. The second-order valence-electron chi connectivity index (χ2n) is 2.64. The van der Waals surface area contributed by atoms with Crippen molar-refractivity contribution in [2.75, 3.05) is 0 Å². The Morgan fingerprint density at radius 3 is 2.62 bits per heavy atom. The number of thiophene rings is 1. The van der Waals surface area contributed by atoms with Crippen LogP contribution in [0.2, 0.25) is 0 Å². The molecule has 0 aliphatic carbocycles. The Kier molecular flexibility index (Phi) is 3.02. The van der Waals surface area contributed by atoms with Gasteiger partial charge in [-0.05, 0) is 19.9 Å². The van der Waals surface area contributed by atoms with Crippen molar-refractivity contribution in [2.24, 2.45) is 21.7 Å². The van der Waals surface area contributed by atoms with E-state index in [9.17, 15) is 0 Å². The van der Waals surface area contributed by atoms with Crippen LogP contribution in [0.15, 0.2) is 16.3 Å². The van der Waals surface area contributed by atoms with Gasteiger partial charge in [0.1, 0.15) is 0 Å². The minimum absolute atomic E-state index is 0.0270. The molecule has 13 heavy (non-hydrogen) atoms. The van der Waals surface area contributed by atoms with Crippen LogP contribution in [0, 0.1) is 13.8 Å². The van der Waals surface area contributed by atoms with Crippen LogP contribution in [0.25, 0.3) is 0 Å². The maximum atomic E-state index is 5.12. The van der Waals surface area contributed by atoms with Gasteiger partial charge in [0.15, 0.2) is 0 Å². The molecular weight excluding hydrogens is 184 g/mol. The summed E-state index contributed by atoms with van der Waals surface area (Å²) in [6.07, 6.45) is 1.65. The zero-order valence-electron chi connectivity index (χ0n) is 7.61. The van der Waals surface area contributed by atoms with Gasteiger partial charge in [-0.2, -0.15) is 5.10 Å². The molecule has 0 amide bonds. The SMILES string of the molecule is Cc1cc(C=NN=C(N)N)c(C)s1. The molecule has 0 fully saturated rings. The fourth-order valence-electron chi connectivity index (χ4n) is 0.936. The molecule has 0 aliphatic rings. The zero-order chi connectivity index (χ0) is 9.84. The third-order valence-electron chi connectivity index (χ3n) is 1.45. The lowest BCUT2D eigenvalue weighted by Crippen LogP contribution is -2.21. The fourth-order valence-corrected chi connectivity index (χ4v) is 1.83. The molecule has 1 heterocycles. The molecule has 1 aromatic rings. The molecule has 0 atom stereocenters. The van der Waals surface area contributed by atoms with Gasteiger partial charge in [0.2, 0.25) is 5.96 Å². The normalized spacial score (nSPS) is 10.6. The highest BCUT2D eigenvalue weighted by Crippen LogP contribution is 2.18. The molecule has 4 N–H and O–H groups in total. The molecule has 0 radical (unpaired) electrons. The maximum Gasteiger partial charge on any atom is 0.211 e.